The summed E-state index contributed by atoms with van der Waals surface area (Å²) >= 11 is 0. The van der Waals surface area contributed by atoms with Crippen LogP contribution in [0.1, 0.15) is 16.7 Å². The molecular formula is C15H15NO. The van der Waals surface area contributed by atoms with Crippen LogP contribution in [0.15, 0.2) is 36.4 Å². The topological polar surface area (TPSA) is 35.2 Å². The minimum absolute atomic E-state index is 0.727. The van der Waals surface area contributed by atoms with Crippen LogP contribution in [0.25, 0.3) is 11.1 Å². The second-order valence-corrected chi connectivity index (χ2v) is 4.61. The number of hydrogen-bond donors (Lipinski definition) is 1. The summed E-state index contributed by atoms with van der Waals surface area (Å²) in [6.07, 6.45) is 0. The van der Waals surface area contributed by atoms with Crippen LogP contribution in [0.5, 0.6) is 0 Å². The van der Waals surface area contributed by atoms with Gasteiger partial charge in [0.25, 0.3) is 0 Å². The molecule has 1 aliphatic rings. The summed E-state index contributed by atoms with van der Waals surface area (Å²) in [6, 6.07) is 12.7. The Hall–Kier alpha value is -1.80. The Kier molecular flexibility index (Phi) is 2.37. The second kappa shape index (κ2) is 3.90. The maximum Gasteiger partial charge on any atom is 0.0725 e. The molecular weight excluding hydrogens is 210 g/mol. The third-order valence-corrected chi connectivity index (χ3v) is 3.15. The molecule has 0 spiro atoms. The Morgan fingerprint density at radius 2 is 1.76 bits per heavy atom. The number of nitrogens with two attached hydrogens (primary N) is 1. The summed E-state index contributed by atoms with van der Waals surface area (Å²) in [6.45, 7) is 3.53. The number of fused-ring (bicyclic) bond motifs is 1. The highest BCUT2D eigenvalue weighted by molar-refractivity contribution is 5.69. The molecule has 0 aromatic heterocycles. The van der Waals surface area contributed by atoms with E-state index in [0.717, 1.165) is 18.9 Å². The Morgan fingerprint density at radius 1 is 0.941 bits per heavy atom. The lowest BCUT2D eigenvalue weighted by molar-refractivity contribution is 0.134. The van der Waals surface area contributed by atoms with E-state index >= 15 is 0 Å². The van der Waals surface area contributed by atoms with E-state index in [1.54, 1.807) is 0 Å². The van der Waals surface area contributed by atoms with Crippen LogP contribution in [-0.4, -0.2) is 0 Å². The zero-order valence-corrected chi connectivity index (χ0v) is 9.86. The van der Waals surface area contributed by atoms with Crippen molar-refractivity contribution in [2.75, 3.05) is 5.73 Å². The summed E-state index contributed by atoms with van der Waals surface area (Å²) in [4.78, 5) is 0. The zero-order valence-electron chi connectivity index (χ0n) is 9.86. The first-order valence-electron chi connectivity index (χ1n) is 5.79. The molecule has 17 heavy (non-hydrogen) atoms. The monoisotopic (exact) mass is 225 g/mol. The molecule has 0 atom stereocenters. The van der Waals surface area contributed by atoms with Crippen molar-refractivity contribution in [3.8, 4) is 11.1 Å². The molecule has 0 saturated heterocycles. The van der Waals surface area contributed by atoms with E-state index in [1.165, 1.54) is 27.8 Å². The zero-order chi connectivity index (χ0) is 11.8. The Balaban J connectivity index is 2.09. The largest absolute Gasteiger partial charge is 0.399 e. The molecule has 86 valence electrons. The molecule has 1 heterocycles. The van der Waals surface area contributed by atoms with Gasteiger partial charge in [-0.15, -0.1) is 0 Å². The van der Waals surface area contributed by atoms with E-state index in [-0.39, 0.29) is 0 Å². The van der Waals surface area contributed by atoms with Gasteiger partial charge in [-0.1, -0.05) is 18.2 Å². The quantitative estimate of drug-likeness (QED) is 0.756. The number of benzene rings is 2. The number of hydrogen-bond acceptors (Lipinski definition) is 2. The molecule has 2 N–H and O–H groups in total. The number of rotatable bonds is 1. The minimum Gasteiger partial charge on any atom is -0.399 e. The average Bonchev–Trinajstić information content (AvgIpc) is 2.74. The van der Waals surface area contributed by atoms with Crippen molar-refractivity contribution < 1.29 is 4.74 Å². The first kappa shape index (κ1) is 10.4. The van der Waals surface area contributed by atoms with Gasteiger partial charge in [0.2, 0.25) is 0 Å². The lowest BCUT2D eigenvalue weighted by Crippen LogP contribution is -1.89. The molecule has 0 radical (unpaired) electrons. The van der Waals surface area contributed by atoms with E-state index in [0.29, 0.717) is 0 Å². The molecule has 3 rings (SSSR count). The van der Waals surface area contributed by atoms with Gasteiger partial charge >= 0.3 is 0 Å². The number of ether oxygens (including phenoxy) is 1. The van der Waals surface area contributed by atoms with Crippen LogP contribution >= 0.6 is 0 Å². The summed E-state index contributed by atoms with van der Waals surface area (Å²) in [5.74, 6) is 0. The molecule has 2 nitrogen and oxygen atoms in total. The van der Waals surface area contributed by atoms with Crippen LogP contribution in [-0.2, 0) is 18.0 Å². The maximum absolute atomic E-state index is 5.88. The fraction of sp³-hybridized carbons (Fsp3) is 0.200. The predicted molar refractivity (Wildman–Crippen MR) is 69.5 cm³/mol. The maximum atomic E-state index is 5.88. The van der Waals surface area contributed by atoms with Gasteiger partial charge in [0.15, 0.2) is 0 Å². The highest BCUT2D eigenvalue weighted by atomic mass is 16.5. The lowest BCUT2D eigenvalue weighted by atomic mass is 9.99. The van der Waals surface area contributed by atoms with E-state index < -0.39 is 0 Å². The number of aryl methyl sites for hydroxylation is 1. The van der Waals surface area contributed by atoms with Crippen LogP contribution in [0, 0.1) is 6.92 Å². The summed E-state index contributed by atoms with van der Waals surface area (Å²) in [5.41, 5.74) is 12.9. The number of anilines is 1. The van der Waals surface area contributed by atoms with Gasteiger partial charge in [-0.05, 0) is 52.9 Å². The van der Waals surface area contributed by atoms with Gasteiger partial charge in [-0.2, -0.15) is 0 Å². The normalized spacial score (nSPS) is 13.7. The standard InChI is InChI=1S/C15H15NO/c1-10-4-13(7-15(16)5-10)11-2-3-12-8-17-9-14(12)6-11/h2-7H,8-9,16H2,1H3. The van der Waals surface area contributed by atoms with Gasteiger partial charge in [0.05, 0.1) is 13.2 Å². The molecule has 0 saturated carbocycles. The van der Waals surface area contributed by atoms with E-state index in [9.17, 15) is 0 Å². The summed E-state index contributed by atoms with van der Waals surface area (Å²) in [7, 11) is 0. The molecule has 2 aromatic rings. The van der Waals surface area contributed by atoms with Crippen molar-refractivity contribution in [2.45, 2.75) is 20.1 Å². The molecule has 2 heteroatoms. The Labute approximate surface area is 101 Å². The van der Waals surface area contributed by atoms with Crippen molar-refractivity contribution in [3.63, 3.8) is 0 Å². The summed E-state index contributed by atoms with van der Waals surface area (Å²) in [5, 5.41) is 0. The molecule has 1 aliphatic heterocycles. The molecule has 0 amide bonds. The third-order valence-electron chi connectivity index (χ3n) is 3.15. The first-order chi connectivity index (χ1) is 8.22. The van der Waals surface area contributed by atoms with E-state index in [4.69, 9.17) is 10.5 Å². The van der Waals surface area contributed by atoms with Crippen LogP contribution in [0.2, 0.25) is 0 Å². The molecule has 2 aromatic carbocycles. The van der Waals surface area contributed by atoms with Crippen LogP contribution in [0.3, 0.4) is 0 Å². The van der Waals surface area contributed by atoms with Gasteiger partial charge in [-0.25, -0.2) is 0 Å². The van der Waals surface area contributed by atoms with Gasteiger partial charge in [-0.3, -0.25) is 0 Å². The Bertz CT molecular complexity index is 555. The predicted octanol–water partition coefficient (Wildman–Crippen LogP) is 3.27. The van der Waals surface area contributed by atoms with Gasteiger partial charge in [0, 0.05) is 5.69 Å². The molecule has 0 fully saturated rings. The SMILES string of the molecule is Cc1cc(N)cc(-c2ccc3c(c2)COC3)c1. The molecule has 0 bridgehead atoms. The summed E-state index contributed by atoms with van der Waals surface area (Å²) < 4.78 is 5.43. The lowest BCUT2D eigenvalue weighted by Gasteiger charge is -2.07. The molecule has 0 unspecified atom stereocenters. The highest BCUT2D eigenvalue weighted by Crippen LogP contribution is 2.28. The van der Waals surface area contributed by atoms with Crippen molar-refractivity contribution in [2.24, 2.45) is 0 Å². The number of nitrogen functional groups attached to an aromatic ring is 1. The fourth-order valence-corrected chi connectivity index (χ4v) is 2.33. The molecule has 0 aliphatic carbocycles. The Morgan fingerprint density at radius 3 is 2.59 bits per heavy atom. The minimum atomic E-state index is 0.727. The van der Waals surface area contributed by atoms with Crippen LogP contribution < -0.4 is 5.73 Å². The van der Waals surface area contributed by atoms with Gasteiger partial charge < -0.3 is 10.5 Å². The second-order valence-electron chi connectivity index (χ2n) is 4.61. The van der Waals surface area contributed by atoms with Crippen molar-refractivity contribution in [1.82, 2.24) is 0 Å². The van der Waals surface area contributed by atoms with E-state index in [2.05, 4.69) is 31.2 Å². The van der Waals surface area contributed by atoms with Crippen LogP contribution in [0.4, 0.5) is 5.69 Å². The van der Waals surface area contributed by atoms with Gasteiger partial charge in [0.1, 0.15) is 0 Å². The fourth-order valence-electron chi connectivity index (χ4n) is 2.33. The highest BCUT2D eigenvalue weighted by Gasteiger charge is 2.11. The third kappa shape index (κ3) is 1.92. The van der Waals surface area contributed by atoms with Crippen molar-refractivity contribution in [1.29, 1.82) is 0 Å². The van der Waals surface area contributed by atoms with Crippen molar-refractivity contribution in [3.05, 3.63) is 53.1 Å². The van der Waals surface area contributed by atoms with E-state index in [1.807, 2.05) is 12.1 Å². The first-order valence-corrected chi connectivity index (χ1v) is 5.79. The smallest absolute Gasteiger partial charge is 0.0725 e. The average molecular weight is 225 g/mol. The van der Waals surface area contributed by atoms with Crippen molar-refractivity contribution >= 4 is 5.69 Å².